The van der Waals surface area contributed by atoms with Crippen LogP contribution in [-0.4, -0.2) is 60.1 Å². The SMILES string of the molecule is CCN(C)[C@H]1CN(C(=O)COC(C)C)C2(CCCCC2)C1. The number of carbonyl (C=O) groups excluding carboxylic acids is 1. The van der Waals surface area contributed by atoms with Crippen molar-refractivity contribution in [3.8, 4) is 0 Å². The van der Waals surface area contributed by atoms with Gasteiger partial charge in [-0.25, -0.2) is 0 Å². The predicted molar refractivity (Wildman–Crippen MR) is 85.3 cm³/mol. The highest BCUT2D eigenvalue weighted by molar-refractivity contribution is 5.79. The van der Waals surface area contributed by atoms with Gasteiger partial charge in [-0.05, 0) is 46.7 Å². The van der Waals surface area contributed by atoms with Crippen LogP contribution in [0, 0.1) is 0 Å². The molecule has 4 heteroatoms. The third kappa shape index (κ3) is 3.78. The summed E-state index contributed by atoms with van der Waals surface area (Å²) in [6.45, 7) is 8.33. The minimum atomic E-state index is 0.115. The van der Waals surface area contributed by atoms with Crippen LogP contribution in [0.2, 0.25) is 0 Å². The highest BCUT2D eigenvalue weighted by Gasteiger charge is 2.48. The number of carbonyl (C=O) groups is 1. The molecule has 2 aliphatic rings. The van der Waals surface area contributed by atoms with Gasteiger partial charge < -0.3 is 14.5 Å². The lowest BCUT2D eigenvalue weighted by molar-refractivity contribution is -0.143. The van der Waals surface area contributed by atoms with E-state index in [9.17, 15) is 4.79 Å². The minimum absolute atomic E-state index is 0.115. The molecule has 0 aromatic rings. The number of amides is 1. The quantitative estimate of drug-likeness (QED) is 0.782. The monoisotopic (exact) mass is 296 g/mol. The van der Waals surface area contributed by atoms with Crippen LogP contribution < -0.4 is 0 Å². The van der Waals surface area contributed by atoms with Gasteiger partial charge in [0.05, 0.1) is 6.10 Å². The largest absolute Gasteiger partial charge is 0.369 e. The summed E-state index contributed by atoms with van der Waals surface area (Å²) >= 11 is 0. The van der Waals surface area contributed by atoms with Crippen molar-refractivity contribution < 1.29 is 9.53 Å². The first kappa shape index (κ1) is 16.8. The van der Waals surface area contributed by atoms with E-state index in [0.29, 0.717) is 6.04 Å². The molecule has 2 rings (SSSR count). The van der Waals surface area contributed by atoms with Gasteiger partial charge in [-0.2, -0.15) is 0 Å². The highest BCUT2D eigenvalue weighted by atomic mass is 16.5. The van der Waals surface area contributed by atoms with Gasteiger partial charge >= 0.3 is 0 Å². The van der Waals surface area contributed by atoms with E-state index in [0.717, 1.165) is 19.5 Å². The molecule has 21 heavy (non-hydrogen) atoms. The molecule has 0 aromatic heterocycles. The average molecular weight is 296 g/mol. The molecule has 0 aromatic carbocycles. The number of likely N-dealkylation sites (tertiary alicyclic amines) is 1. The van der Waals surface area contributed by atoms with Crippen LogP contribution in [0.3, 0.4) is 0 Å². The normalized spacial score (nSPS) is 25.2. The number of nitrogens with zero attached hydrogens (tertiary/aromatic N) is 2. The van der Waals surface area contributed by atoms with E-state index in [2.05, 4.69) is 23.8 Å². The fourth-order valence-electron chi connectivity index (χ4n) is 3.94. The van der Waals surface area contributed by atoms with Crippen LogP contribution in [0.25, 0.3) is 0 Å². The second-order valence-electron chi connectivity index (χ2n) is 7.08. The van der Waals surface area contributed by atoms with Crippen molar-refractivity contribution in [2.24, 2.45) is 0 Å². The Morgan fingerprint density at radius 3 is 2.57 bits per heavy atom. The summed E-state index contributed by atoms with van der Waals surface area (Å²) < 4.78 is 5.57. The van der Waals surface area contributed by atoms with Crippen LogP contribution in [-0.2, 0) is 9.53 Å². The smallest absolute Gasteiger partial charge is 0.249 e. The second kappa shape index (κ2) is 7.10. The van der Waals surface area contributed by atoms with Gasteiger partial charge in [-0.15, -0.1) is 0 Å². The summed E-state index contributed by atoms with van der Waals surface area (Å²) in [6.07, 6.45) is 7.45. The Morgan fingerprint density at radius 2 is 2.00 bits per heavy atom. The van der Waals surface area contributed by atoms with Crippen LogP contribution >= 0.6 is 0 Å². The fraction of sp³-hybridized carbons (Fsp3) is 0.941. The van der Waals surface area contributed by atoms with Gasteiger partial charge in [-0.3, -0.25) is 4.79 Å². The third-order valence-electron chi connectivity index (χ3n) is 5.33. The van der Waals surface area contributed by atoms with Crippen LogP contribution in [0.1, 0.15) is 59.3 Å². The number of hydrogen-bond donors (Lipinski definition) is 0. The minimum Gasteiger partial charge on any atom is -0.369 e. The number of likely N-dealkylation sites (N-methyl/N-ethyl adjacent to an activating group) is 1. The maximum absolute atomic E-state index is 12.7. The van der Waals surface area contributed by atoms with Gasteiger partial charge in [0, 0.05) is 18.1 Å². The van der Waals surface area contributed by atoms with E-state index in [-0.39, 0.29) is 24.2 Å². The van der Waals surface area contributed by atoms with E-state index in [1.165, 1.54) is 32.1 Å². The molecule has 2 fully saturated rings. The molecule has 122 valence electrons. The molecule has 1 aliphatic heterocycles. The van der Waals surface area contributed by atoms with E-state index in [4.69, 9.17) is 4.74 Å². The molecule has 0 radical (unpaired) electrons. The molecule has 1 saturated heterocycles. The molecule has 1 spiro atoms. The number of rotatable bonds is 5. The van der Waals surface area contributed by atoms with E-state index in [1.807, 2.05) is 13.8 Å². The van der Waals surface area contributed by atoms with E-state index in [1.54, 1.807) is 0 Å². The van der Waals surface area contributed by atoms with Crippen LogP contribution in [0.4, 0.5) is 0 Å². The molecule has 1 heterocycles. The second-order valence-corrected chi connectivity index (χ2v) is 7.08. The standard InChI is InChI=1S/C17H32N2O2/c1-5-18(4)15-11-17(9-7-6-8-10-17)19(12-15)16(20)13-21-14(2)3/h14-15H,5-13H2,1-4H3/t15-/m1/s1. The van der Waals surface area contributed by atoms with Gasteiger partial charge in [0.15, 0.2) is 0 Å². The molecule has 0 unspecified atom stereocenters. The zero-order valence-corrected chi connectivity index (χ0v) is 14.2. The van der Waals surface area contributed by atoms with Crippen LogP contribution in [0.5, 0.6) is 0 Å². The number of hydrogen-bond acceptors (Lipinski definition) is 3. The Labute approximate surface area is 129 Å². The lowest BCUT2D eigenvalue weighted by Gasteiger charge is -2.41. The number of ether oxygens (including phenoxy) is 1. The molecule has 0 bridgehead atoms. The summed E-state index contributed by atoms with van der Waals surface area (Å²) in [6, 6.07) is 0.510. The maximum Gasteiger partial charge on any atom is 0.249 e. The maximum atomic E-state index is 12.7. The zero-order chi connectivity index (χ0) is 15.5. The van der Waals surface area contributed by atoms with Gasteiger partial charge in [0.1, 0.15) is 6.61 Å². The average Bonchev–Trinajstić information content (AvgIpc) is 2.83. The first-order chi connectivity index (χ1) is 9.98. The Hall–Kier alpha value is -0.610. The Balaban J connectivity index is 2.09. The first-order valence-electron chi connectivity index (χ1n) is 8.61. The van der Waals surface area contributed by atoms with Crippen molar-refractivity contribution in [3.63, 3.8) is 0 Å². The lowest BCUT2D eigenvalue weighted by Crippen LogP contribution is -2.50. The highest BCUT2D eigenvalue weighted by Crippen LogP contribution is 2.42. The summed E-state index contributed by atoms with van der Waals surface area (Å²) in [4.78, 5) is 17.2. The molecule has 1 amide bonds. The molecular formula is C17H32N2O2. The predicted octanol–water partition coefficient (Wildman–Crippen LogP) is 2.67. The van der Waals surface area contributed by atoms with Crippen molar-refractivity contribution in [3.05, 3.63) is 0 Å². The molecule has 1 saturated carbocycles. The van der Waals surface area contributed by atoms with Crippen molar-refractivity contribution in [2.75, 3.05) is 26.7 Å². The summed E-state index contributed by atoms with van der Waals surface area (Å²) in [7, 11) is 2.18. The Morgan fingerprint density at radius 1 is 1.33 bits per heavy atom. The van der Waals surface area contributed by atoms with Crippen molar-refractivity contribution in [1.29, 1.82) is 0 Å². The first-order valence-corrected chi connectivity index (χ1v) is 8.61. The van der Waals surface area contributed by atoms with Gasteiger partial charge in [-0.1, -0.05) is 26.2 Å². The molecule has 1 atom stereocenters. The topological polar surface area (TPSA) is 32.8 Å². The Kier molecular flexibility index (Phi) is 5.67. The zero-order valence-electron chi connectivity index (χ0n) is 14.2. The van der Waals surface area contributed by atoms with Gasteiger partial charge in [0.25, 0.3) is 0 Å². The van der Waals surface area contributed by atoms with Crippen molar-refractivity contribution >= 4 is 5.91 Å². The molecule has 1 aliphatic carbocycles. The third-order valence-corrected chi connectivity index (χ3v) is 5.33. The van der Waals surface area contributed by atoms with Gasteiger partial charge in [0.2, 0.25) is 5.91 Å². The molecule has 4 nitrogen and oxygen atoms in total. The van der Waals surface area contributed by atoms with Crippen LogP contribution in [0.15, 0.2) is 0 Å². The van der Waals surface area contributed by atoms with Crippen molar-refractivity contribution in [2.45, 2.75) is 77.0 Å². The fourth-order valence-corrected chi connectivity index (χ4v) is 3.94. The summed E-state index contributed by atoms with van der Waals surface area (Å²) in [5.41, 5.74) is 0.115. The Bertz CT molecular complexity index is 351. The van der Waals surface area contributed by atoms with E-state index < -0.39 is 0 Å². The molecule has 0 N–H and O–H groups in total. The summed E-state index contributed by atoms with van der Waals surface area (Å²) in [5, 5.41) is 0. The van der Waals surface area contributed by atoms with Crippen molar-refractivity contribution in [1.82, 2.24) is 9.80 Å². The molecular weight excluding hydrogens is 264 g/mol. The summed E-state index contributed by atoms with van der Waals surface area (Å²) in [5.74, 6) is 0.192. The van der Waals surface area contributed by atoms with E-state index >= 15 is 0 Å². The lowest BCUT2D eigenvalue weighted by atomic mass is 9.79.